The van der Waals surface area contributed by atoms with Crippen LogP contribution in [0.2, 0.25) is 0 Å². The van der Waals surface area contributed by atoms with Crippen LogP contribution in [0.4, 0.5) is 0 Å². The topological polar surface area (TPSA) is 86.7 Å². The summed E-state index contributed by atoms with van der Waals surface area (Å²) in [5.41, 5.74) is 0. The lowest BCUT2D eigenvalue weighted by Crippen LogP contribution is -2.46. The first-order chi connectivity index (χ1) is 7.45. The molecule has 0 aliphatic carbocycles. The second kappa shape index (κ2) is 5.60. The molecule has 1 aliphatic heterocycles. The molecule has 7 heteroatoms. The predicted molar refractivity (Wildman–Crippen MR) is 59.1 cm³/mol. The summed E-state index contributed by atoms with van der Waals surface area (Å²) in [4.78, 5) is 10.6. The molecular weight excluding hydrogens is 232 g/mol. The van der Waals surface area contributed by atoms with Gasteiger partial charge in [0.05, 0.1) is 0 Å². The highest BCUT2D eigenvalue weighted by molar-refractivity contribution is 7.87. The molecule has 0 aromatic heterocycles. The Hall–Kier alpha value is -0.660. The average molecular weight is 250 g/mol. The molecule has 1 rings (SSSR count). The van der Waals surface area contributed by atoms with E-state index < -0.39 is 16.2 Å². The van der Waals surface area contributed by atoms with Crippen LogP contribution in [0.25, 0.3) is 0 Å². The van der Waals surface area contributed by atoms with Crippen molar-refractivity contribution in [2.24, 2.45) is 5.92 Å². The Morgan fingerprint density at radius 3 is 2.81 bits per heavy atom. The van der Waals surface area contributed by atoms with E-state index in [-0.39, 0.29) is 12.3 Å². The normalized spacial score (nSPS) is 23.2. The number of nitrogens with one attached hydrogen (secondary N) is 1. The van der Waals surface area contributed by atoms with Crippen LogP contribution in [0.15, 0.2) is 0 Å². The molecule has 0 aromatic carbocycles. The third-order valence-corrected chi connectivity index (χ3v) is 4.28. The molecule has 1 unspecified atom stereocenters. The van der Waals surface area contributed by atoms with Crippen LogP contribution < -0.4 is 4.72 Å². The van der Waals surface area contributed by atoms with E-state index in [2.05, 4.69) is 4.72 Å². The summed E-state index contributed by atoms with van der Waals surface area (Å²) in [5.74, 6) is -0.938. The van der Waals surface area contributed by atoms with Crippen LogP contribution in [0.1, 0.15) is 26.2 Å². The summed E-state index contributed by atoms with van der Waals surface area (Å²) < 4.78 is 27.1. The van der Waals surface area contributed by atoms with Crippen molar-refractivity contribution in [3.8, 4) is 0 Å². The fourth-order valence-corrected chi connectivity index (χ4v) is 3.26. The van der Waals surface area contributed by atoms with Crippen molar-refractivity contribution < 1.29 is 18.3 Å². The Kier molecular flexibility index (Phi) is 4.69. The average Bonchev–Trinajstić information content (AvgIpc) is 2.17. The zero-order valence-electron chi connectivity index (χ0n) is 9.35. The van der Waals surface area contributed by atoms with E-state index in [4.69, 9.17) is 5.11 Å². The number of carbonyl (C=O) groups is 1. The van der Waals surface area contributed by atoms with Gasteiger partial charge < -0.3 is 5.11 Å². The number of aliphatic carboxylic acids is 1. The maximum atomic E-state index is 11.7. The highest BCUT2D eigenvalue weighted by Crippen LogP contribution is 2.21. The van der Waals surface area contributed by atoms with E-state index in [9.17, 15) is 13.2 Å². The minimum absolute atomic E-state index is 0.0398. The third kappa shape index (κ3) is 3.73. The highest BCUT2D eigenvalue weighted by Gasteiger charge is 2.29. The number of piperidine rings is 1. The van der Waals surface area contributed by atoms with E-state index in [0.29, 0.717) is 19.6 Å². The van der Waals surface area contributed by atoms with Gasteiger partial charge in [-0.15, -0.1) is 0 Å². The molecule has 0 bridgehead atoms. The lowest BCUT2D eigenvalue weighted by atomic mass is 9.96. The van der Waals surface area contributed by atoms with Gasteiger partial charge in [-0.3, -0.25) is 4.79 Å². The number of nitrogens with zero attached hydrogens (tertiary/aromatic N) is 1. The van der Waals surface area contributed by atoms with Crippen molar-refractivity contribution in [3.05, 3.63) is 0 Å². The van der Waals surface area contributed by atoms with Crippen molar-refractivity contribution in [2.75, 3.05) is 19.6 Å². The Bertz CT molecular complexity index is 341. The van der Waals surface area contributed by atoms with Crippen LogP contribution in [0.5, 0.6) is 0 Å². The van der Waals surface area contributed by atoms with E-state index in [1.807, 2.05) is 0 Å². The second-order valence-electron chi connectivity index (χ2n) is 3.97. The summed E-state index contributed by atoms with van der Waals surface area (Å²) in [6.45, 7) is 2.85. The molecule has 1 atom stereocenters. The van der Waals surface area contributed by atoms with Crippen LogP contribution in [-0.4, -0.2) is 43.4 Å². The van der Waals surface area contributed by atoms with E-state index in [1.54, 1.807) is 6.92 Å². The molecule has 1 fully saturated rings. The summed E-state index contributed by atoms with van der Waals surface area (Å²) in [7, 11) is -3.41. The molecule has 0 saturated carbocycles. The number of hydrogen-bond acceptors (Lipinski definition) is 3. The van der Waals surface area contributed by atoms with Gasteiger partial charge in [0.15, 0.2) is 0 Å². The van der Waals surface area contributed by atoms with Crippen LogP contribution in [0, 0.1) is 5.92 Å². The van der Waals surface area contributed by atoms with E-state index in [1.165, 1.54) is 4.31 Å². The summed E-state index contributed by atoms with van der Waals surface area (Å²) >= 11 is 0. The van der Waals surface area contributed by atoms with Crippen molar-refractivity contribution >= 4 is 16.2 Å². The second-order valence-corrected chi connectivity index (χ2v) is 5.72. The molecule has 0 spiro atoms. The lowest BCUT2D eigenvalue weighted by molar-refractivity contribution is -0.138. The largest absolute Gasteiger partial charge is 0.481 e. The Labute approximate surface area is 95.8 Å². The minimum Gasteiger partial charge on any atom is -0.481 e. The smallest absolute Gasteiger partial charge is 0.303 e. The molecule has 2 N–H and O–H groups in total. The summed E-state index contributed by atoms with van der Waals surface area (Å²) in [6, 6.07) is 0. The molecule has 1 aliphatic rings. The quantitative estimate of drug-likeness (QED) is 0.720. The van der Waals surface area contributed by atoms with Crippen molar-refractivity contribution in [2.45, 2.75) is 26.2 Å². The SMILES string of the molecule is CCNS(=O)(=O)N1CCCC(CC(=O)O)C1. The first kappa shape index (κ1) is 13.4. The standard InChI is InChI=1S/C9H18N2O4S/c1-2-10-16(14,15)11-5-3-4-8(7-11)6-9(12)13/h8,10H,2-7H2,1H3,(H,12,13). The van der Waals surface area contributed by atoms with Crippen LogP contribution >= 0.6 is 0 Å². The number of rotatable bonds is 5. The highest BCUT2D eigenvalue weighted by atomic mass is 32.2. The Morgan fingerprint density at radius 2 is 2.25 bits per heavy atom. The molecule has 1 heterocycles. The van der Waals surface area contributed by atoms with Gasteiger partial charge in [0.2, 0.25) is 0 Å². The number of carboxylic acids is 1. The van der Waals surface area contributed by atoms with Gasteiger partial charge in [0, 0.05) is 26.1 Å². The fourth-order valence-electron chi connectivity index (χ4n) is 1.93. The van der Waals surface area contributed by atoms with Gasteiger partial charge >= 0.3 is 5.97 Å². The van der Waals surface area contributed by atoms with Gasteiger partial charge in [-0.05, 0) is 18.8 Å². The van der Waals surface area contributed by atoms with Crippen molar-refractivity contribution in [1.82, 2.24) is 9.03 Å². The van der Waals surface area contributed by atoms with Crippen molar-refractivity contribution in [1.29, 1.82) is 0 Å². The Balaban J connectivity index is 2.59. The van der Waals surface area contributed by atoms with Gasteiger partial charge in [0.1, 0.15) is 0 Å². The molecule has 0 amide bonds. The number of carboxylic acid groups (broad SMARTS) is 1. The van der Waals surface area contributed by atoms with E-state index >= 15 is 0 Å². The molecule has 1 saturated heterocycles. The monoisotopic (exact) mass is 250 g/mol. The maximum Gasteiger partial charge on any atom is 0.303 e. The first-order valence-corrected chi connectivity index (χ1v) is 6.86. The van der Waals surface area contributed by atoms with E-state index in [0.717, 1.165) is 12.8 Å². The van der Waals surface area contributed by atoms with Gasteiger partial charge in [0.25, 0.3) is 10.2 Å². The van der Waals surface area contributed by atoms with Crippen molar-refractivity contribution in [3.63, 3.8) is 0 Å². The summed E-state index contributed by atoms with van der Waals surface area (Å²) in [6.07, 6.45) is 1.55. The number of hydrogen-bond donors (Lipinski definition) is 2. The van der Waals surface area contributed by atoms with Crippen LogP contribution in [0.3, 0.4) is 0 Å². The zero-order valence-corrected chi connectivity index (χ0v) is 10.2. The Morgan fingerprint density at radius 1 is 1.56 bits per heavy atom. The molecule has 6 nitrogen and oxygen atoms in total. The molecule has 0 aromatic rings. The summed E-state index contributed by atoms with van der Waals surface area (Å²) in [5, 5.41) is 8.67. The third-order valence-electron chi connectivity index (χ3n) is 2.61. The fraction of sp³-hybridized carbons (Fsp3) is 0.889. The van der Waals surface area contributed by atoms with Gasteiger partial charge in [-0.2, -0.15) is 12.7 Å². The van der Waals surface area contributed by atoms with Gasteiger partial charge in [-0.25, -0.2) is 4.72 Å². The molecule has 94 valence electrons. The molecule has 16 heavy (non-hydrogen) atoms. The minimum atomic E-state index is -3.41. The lowest BCUT2D eigenvalue weighted by Gasteiger charge is -2.31. The van der Waals surface area contributed by atoms with Gasteiger partial charge in [-0.1, -0.05) is 6.92 Å². The predicted octanol–water partition coefficient (Wildman–Crippen LogP) is 0.0274. The first-order valence-electron chi connectivity index (χ1n) is 5.42. The zero-order chi connectivity index (χ0) is 12.2. The maximum absolute atomic E-state index is 11.7. The molecule has 0 radical (unpaired) electrons. The molecular formula is C9H18N2O4S. The van der Waals surface area contributed by atoms with Crippen LogP contribution in [-0.2, 0) is 15.0 Å².